The number of anilines is 2. The van der Waals surface area contributed by atoms with E-state index in [1.165, 1.54) is 62.9 Å². The molecule has 0 aromatic carbocycles. The van der Waals surface area contributed by atoms with Gasteiger partial charge in [0.25, 0.3) is 0 Å². The number of rotatable bonds is 4. The first-order chi connectivity index (χ1) is 10.4. The molecule has 1 saturated heterocycles. The second-order valence-corrected chi connectivity index (χ2v) is 6.69. The molecule has 3 rings (SSSR count). The Balaban J connectivity index is 1.67. The fraction of sp³-hybridized carbons (Fsp3) is 0.722. The van der Waals surface area contributed by atoms with E-state index >= 15 is 0 Å². The molecular formula is C18H29N3. The van der Waals surface area contributed by atoms with Gasteiger partial charge in [-0.15, -0.1) is 0 Å². The van der Waals surface area contributed by atoms with Gasteiger partial charge in [0.2, 0.25) is 0 Å². The molecule has 2 aliphatic rings. The smallest absolute Gasteiger partial charge is 0.151 e. The topological polar surface area (TPSA) is 28.2 Å². The first kappa shape index (κ1) is 14.7. The third-order valence-electron chi connectivity index (χ3n) is 5.22. The van der Waals surface area contributed by atoms with E-state index in [4.69, 9.17) is 0 Å². The van der Waals surface area contributed by atoms with Crippen LogP contribution in [0.4, 0.5) is 11.5 Å². The van der Waals surface area contributed by atoms with Gasteiger partial charge in [0.05, 0.1) is 5.69 Å². The van der Waals surface area contributed by atoms with Crippen molar-refractivity contribution in [3.63, 3.8) is 0 Å². The molecule has 0 spiro atoms. The Hall–Kier alpha value is -1.25. The molecule has 1 aromatic rings. The van der Waals surface area contributed by atoms with Crippen molar-refractivity contribution in [1.82, 2.24) is 4.98 Å². The van der Waals surface area contributed by atoms with E-state index in [0.29, 0.717) is 6.04 Å². The van der Waals surface area contributed by atoms with E-state index < -0.39 is 0 Å². The highest BCUT2D eigenvalue weighted by molar-refractivity contribution is 5.66. The van der Waals surface area contributed by atoms with Crippen molar-refractivity contribution >= 4 is 11.5 Å². The molecule has 1 aliphatic carbocycles. The zero-order chi connectivity index (χ0) is 14.5. The van der Waals surface area contributed by atoms with Gasteiger partial charge in [0, 0.05) is 25.3 Å². The fourth-order valence-electron chi connectivity index (χ4n) is 3.84. The Morgan fingerprint density at radius 3 is 2.81 bits per heavy atom. The number of hydrogen-bond acceptors (Lipinski definition) is 3. The van der Waals surface area contributed by atoms with Gasteiger partial charge in [-0.3, -0.25) is 0 Å². The van der Waals surface area contributed by atoms with Crippen molar-refractivity contribution < 1.29 is 0 Å². The first-order valence-electron chi connectivity index (χ1n) is 8.83. The molecule has 3 nitrogen and oxygen atoms in total. The lowest BCUT2D eigenvalue weighted by atomic mass is 9.98. The average molecular weight is 287 g/mol. The molecule has 21 heavy (non-hydrogen) atoms. The van der Waals surface area contributed by atoms with E-state index in [2.05, 4.69) is 34.3 Å². The van der Waals surface area contributed by atoms with E-state index in [1.807, 2.05) is 6.20 Å². The summed E-state index contributed by atoms with van der Waals surface area (Å²) in [6.45, 7) is 4.66. The molecule has 2 atom stereocenters. The van der Waals surface area contributed by atoms with Crippen molar-refractivity contribution in [1.29, 1.82) is 0 Å². The number of aromatic nitrogens is 1. The number of hydrogen-bond donors (Lipinski definition) is 1. The molecule has 2 fully saturated rings. The monoisotopic (exact) mass is 287 g/mol. The predicted molar refractivity (Wildman–Crippen MR) is 90.0 cm³/mol. The highest BCUT2D eigenvalue weighted by atomic mass is 15.2. The molecule has 116 valence electrons. The summed E-state index contributed by atoms with van der Waals surface area (Å²) in [5, 5.41) is 3.81. The van der Waals surface area contributed by atoms with Crippen LogP contribution in [0.15, 0.2) is 18.3 Å². The van der Waals surface area contributed by atoms with Crippen LogP contribution in [0.1, 0.15) is 58.3 Å². The third kappa shape index (κ3) is 3.69. The molecule has 0 bridgehead atoms. The molecule has 2 unspecified atom stereocenters. The second kappa shape index (κ2) is 7.15. The Morgan fingerprint density at radius 2 is 2.00 bits per heavy atom. The van der Waals surface area contributed by atoms with Gasteiger partial charge in [0.1, 0.15) is 0 Å². The van der Waals surface area contributed by atoms with E-state index in [-0.39, 0.29) is 0 Å². The minimum absolute atomic E-state index is 0.632. The van der Waals surface area contributed by atoms with Crippen molar-refractivity contribution in [3.05, 3.63) is 18.3 Å². The van der Waals surface area contributed by atoms with Gasteiger partial charge in [0.15, 0.2) is 5.82 Å². The predicted octanol–water partition coefficient (Wildman–Crippen LogP) is 4.45. The molecule has 2 heterocycles. The largest absolute Gasteiger partial charge is 0.379 e. The van der Waals surface area contributed by atoms with Crippen molar-refractivity contribution in [3.8, 4) is 0 Å². The Bertz CT molecular complexity index is 440. The molecule has 1 aliphatic heterocycles. The van der Waals surface area contributed by atoms with Crippen LogP contribution < -0.4 is 10.2 Å². The van der Waals surface area contributed by atoms with Crippen LogP contribution in [0.5, 0.6) is 0 Å². The highest BCUT2D eigenvalue weighted by Crippen LogP contribution is 2.31. The van der Waals surface area contributed by atoms with Gasteiger partial charge in [-0.1, -0.05) is 26.2 Å². The van der Waals surface area contributed by atoms with Crippen molar-refractivity contribution in [2.24, 2.45) is 5.92 Å². The van der Waals surface area contributed by atoms with Crippen LogP contribution in [-0.4, -0.2) is 24.1 Å². The fourth-order valence-corrected chi connectivity index (χ4v) is 3.84. The second-order valence-electron chi connectivity index (χ2n) is 6.69. The number of nitrogens with zero attached hydrogens (tertiary/aromatic N) is 2. The first-order valence-corrected chi connectivity index (χ1v) is 8.83. The van der Waals surface area contributed by atoms with Crippen LogP contribution in [0.3, 0.4) is 0 Å². The van der Waals surface area contributed by atoms with Crippen LogP contribution in [-0.2, 0) is 0 Å². The zero-order valence-electron chi connectivity index (χ0n) is 13.4. The lowest BCUT2D eigenvalue weighted by Gasteiger charge is -2.24. The zero-order valence-corrected chi connectivity index (χ0v) is 13.4. The number of nitrogens with one attached hydrogen (secondary N) is 1. The van der Waals surface area contributed by atoms with Crippen LogP contribution in [0.2, 0.25) is 0 Å². The molecule has 1 saturated carbocycles. The minimum Gasteiger partial charge on any atom is -0.379 e. The van der Waals surface area contributed by atoms with Crippen LogP contribution >= 0.6 is 0 Å². The van der Waals surface area contributed by atoms with Gasteiger partial charge in [-0.2, -0.15) is 0 Å². The molecule has 1 aromatic heterocycles. The maximum Gasteiger partial charge on any atom is 0.151 e. The normalized spacial score (nSPS) is 26.6. The molecular weight excluding hydrogens is 258 g/mol. The lowest BCUT2D eigenvalue weighted by Crippen LogP contribution is -2.24. The molecule has 0 radical (unpaired) electrons. The summed E-state index contributed by atoms with van der Waals surface area (Å²) in [5.74, 6) is 2.12. The summed E-state index contributed by atoms with van der Waals surface area (Å²) >= 11 is 0. The third-order valence-corrected chi connectivity index (χ3v) is 5.22. The minimum atomic E-state index is 0.632. The summed E-state index contributed by atoms with van der Waals surface area (Å²) in [5.41, 5.74) is 1.25. The van der Waals surface area contributed by atoms with E-state index in [1.54, 1.807) is 0 Å². The van der Waals surface area contributed by atoms with Crippen LogP contribution in [0, 0.1) is 5.92 Å². The number of pyridine rings is 1. The maximum atomic E-state index is 4.64. The Kier molecular flexibility index (Phi) is 5.00. The maximum absolute atomic E-state index is 4.64. The SMILES string of the molecule is CCC1CCCC(Nc2cccnc2N2CCCC2)CC1. The molecule has 3 heteroatoms. The average Bonchev–Trinajstić information content (AvgIpc) is 2.95. The van der Waals surface area contributed by atoms with E-state index in [9.17, 15) is 0 Å². The molecule has 1 N–H and O–H groups in total. The lowest BCUT2D eigenvalue weighted by molar-refractivity contribution is 0.444. The standard InChI is InChI=1S/C18H29N3/c1-2-15-7-5-8-16(11-10-15)20-17-9-6-12-19-18(17)21-13-3-4-14-21/h6,9,12,15-16,20H,2-5,7-8,10-11,13-14H2,1H3. The van der Waals surface area contributed by atoms with Gasteiger partial charge >= 0.3 is 0 Å². The summed E-state index contributed by atoms with van der Waals surface area (Å²) < 4.78 is 0. The Morgan fingerprint density at radius 1 is 1.14 bits per heavy atom. The van der Waals surface area contributed by atoms with Crippen molar-refractivity contribution in [2.75, 3.05) is 23.3 Å². The van der Waals surface area contributed by atoms with Crippen molar-refractivity contribution in [2.45, 2.75) is 64.3 Å². The summed E-state index contributed by atoms with van der Waals surface area (Å²) in [4.78, 5) is 7.08. The van der Waals surface area contributed by atoms with Gasteiger partial charge in [-0.25, -0.2) is 4.98 Å². The Labute approximate surface area is 129 Å². The van der Waals surface area contributed by atoms with Gasteiger partial charge in [-0.05, 0) is 50.2 Å². The van der Waals surface area contributed by atoms with E-state index in [0.717, 1.165) is 19.0 Å². The quantitative estimate of drug-likeness (QED) is 0.829. The highest BCUT2D eigenvalue weighted by Gasteiger charge is 2.21. The summed E-state index contributed by atoms with van der Waals surface area (Å²) in [6, 6.07) is 4.91. The summed E-state index contributed by atoms with van der Waals surface area (Å²) in [6.07, 6.45) is 12.7. The molecule has 0 amide bonds. The summed E-state index contributed by atoms with van der Waals surface area (Å²) in [7, 11) is 0. The van der Waals surface area contributed by atoms with Gasteiger partial charge < -0.3 is 10.2 Å². The van der Waals surface area contributed by atoms with Crippen LogP contribution in [0.25, 0.3) is 0 Å².